The molecule has 1 rings (SSSR count). The fourth-order valence-corrected chi connectivity index (χ4v) is 1.86. The Balaban J connectivity index is 2.33. The van der Waals surface area contributed by atoms with Crippen LogP contribution >= 0.6 is 11.8 Å². The number of aromatic nitrogens is 2. The standard InChI is InChI=1S/C11H19N3O2S/c1-11(2,3)13-6-8(15)7-17-10-12-5-4-9(16)14-10/h4-5,8,13,15H,6-7H2,1-3H3,(H,12,14,16). The lowest BCUT2D eigenvalue weighted by Crippen LogP contribution is -2.41. The van der Waals surface area contributed by atoms with Crippen molar-refractivity contribution in [2.45, 2.75) is 37.6 Å². The second-order valence-electron chi connectivity index (χ2n) is 4.83. The van der Waals surface area contributed by atoms with Gasteiger partial charge in [0.2, 0.25) is 0 Å². The first-order valence-corrected chi connectivity index (χ1v) is 6.46. The second-order valence-corrected chi connectivity index (χ2v) is 5.84. The van der Waals surface area contributed by atoms with E-state index in [0.29, 0.717) is 17.5 Å². The lowest BCUT2D eigenvalue weighted by molar-refractivity contribution is 0.183. The Hall–Kier alpha value is -0.850. The maximum Gasteiger partial charge on any atom is 0.251 e. The van der Waals surface area contributed by atoms with E-state index in [1.165, 1.54) is 24.0 Å². The predicted molar refractivity (Wildman–Crippen MR) is 69.3 cm³/mol. The zero-order chi connectivity index (χ0) is 12.9. The molecule has 0 amide bonds. The molecule has 0 saturated heterocycles. The van der Waals surface area contributed by atoms with Crippen LogP contribution in [0.1, 0.15) is 20.8 Å². The molecular formula is C11H19N3O2S. The van der Waals surface area contributed by atoms with Crippen molar-refractivity contribution in [2.75, 3.05) is 12.3 Å². The van der Waals surface area contributed by atoms with E-state index in [0.717, 1.165) is 0 Å². The second kappa shape index (κ2) is 6.18. The van der Waals surface area contributed by atoms with Gasteiger partial charge in [-0.3, -0.25) is 4.79 Å². The normalized spacial score (nSPS) is 13.6. The quantitative estimate of drug-likeness (QED) is 0.532. The van der Waals surface area contributed by atoms with Crippen LogP contribution in [0.25, 0.3) is 0 Å². The summed E-state index contributed by atoms with van der Waals surface area (Å²) in [6.07, 6.45) is 0.991. The van der Waals surface area contributed by atoms with Crippen LogP contribution in [0.15, 0.2) is 22.2 Å². The van der Waals surface area contributed by atoms with Crippen molar-refractivity contribution in [2.24, 2.45) is 0 Å². The van der Waals surface area contributed by atoms with E-state index in [-0.39, 0.29) is 11.1 Å². The first-order valence-electron chi connectivity index (χ1n) is 5.48. The predicted octanol–water partition coefficient (Wildman–Crippen LogP) is 0.611. The average molecular weight is 257 g/mol. The molecule has 0 saturated carbocycles. The molecule has 6 heteroatoms. The van der Waals surface area contributed by atoms with Crippen molar-refractivity contribution in [1.29, 1.82) is 0 Å². The third kappa shape index (κ3) is 6.45. The molecule has 0 bridgehead atoms. The number of β-amino-alcohol motifs (C(OH)–C–C–N with tert-alkyl or cyclic N) is 1. The minimum Gasteiger partial charge on any atom is -0.391 e. The highest BCUT2D eigenvalue weighted by atomic mass is 32.2. The molecule has 1 aromatic heterocycles. The van der Waals surface area contributed by atoms with E-state index in [9.17, 15) is 9.90 Å². The van der Waals surface area contributed by atoms with E-state index >= 15 is 0 Å². The molecule has 1 heterocycles. The Kier molecular flexibility index (Phi) is 5.17. The van der Waals surface area contributed by atoms with E-state index in [2.05, 4.69) is 15.3 Å². The van der Waals surface area contributed by atoms with Crippen LogP contribution in [-0.4, -0.2) is 39.0 Å². The molecular weight excluding hydrogens is 238 g/mol. The molecule has 1 aromatic rings. The molecule has 96 valence electrons. The van der Waals surface area contributed by atoms with Gasteiger partial charge >= 0.3 is 0 Å². The molecule has 3 N–H and O–H groups in total. The minimum absolute atomic E-state index is 0.00897. The fraction of sp³-hybridized carbons (Fsp3) is 0.636. The molecule has 0 aliphatic carbocycles. The van der Waals surface area contributed by atoms with Crippen molar-refractivity contribution in [3.8, 4) is 0 Å². The van der Waals surface area contributed by atoms with Crippen LogP contribution in [0.4, 0.5) is 0 Å². The largest absolute Gasteiger partial charge is 0.391 e. The molecule has 1 unspecified atom stereocenters. The summed E-state index contributed by atoms with van der Waals surface area (Å²) in [7, 11) is 0. The van der Waals surface area contributed by atoms with E-state index in [4.69, 9.17) is 0 Å². The molecule has 0 fully saturated rings. The van der Waals surface area contributed by atoms with Gasteiger partial charge in [0.25, 0.3) is 5.56 Å². The molecule has 0 aromatic carbocycles. The Morgan fingerprint density at radius 2 is 2.29 bits per heavy atom. The molecule has 0 radical (unpaired) electrons. The van der Waals surface area contributed by atoms with Crippen LogP contribution in [-0.2, 0) is 0 Å². The third-order valence-corrected chi connectivity index (χ3v) is 2.96. The van der Waals surface area contributed by atoms with Crippen molar-refractivity contribution in [1.82, 2.24) is 15.3 Å². The van der Waals surface area contributed by atoms with E-state index in [1.807, 2.05) is 20.8 Å². The summed E-state index contributed by atoms with van der Waals surface area (Å²) in [5.41, 5.74) is -0.185. The minimum atomic E-state index is -0.468. The summed E-state index contributed by atoms with van der Waals surface area (Å²) in [5.74, 6) is 0.496. The van der Waals surface area contributed by atoms with Gasteiger partial charge in [-0.2, -0.15) is 0 Å². The summed E-state index contributed by atoms with van der Waals surface area (Å²) in [4.78, 5) is 17.6. The Labute approximate surface area is 105 Å². The Morgan fingerprint density at radius 1 is 1.59 bits per heavy atom. The zero-order valence-electron chi connectivity index (χ0n) is 10.4. The highest BCUT2D eigenvalue weighted by Gasteiger charge is 2.12. The number of aromatic amines is 1. The van der Waals surface area contributed by atoms with Gasteiger partial charge in [-0.1, -0.05) is 11.8 Å². The fourth-order valence-electron chi connectivity index (χ4n) is 1.08. The number of rotatable bonds is 5. The lowest BCUT2D eigenvalue weighted by atomic mass is 10.1. The molecule has 5 nitrogen and oxygen atoms in total. The summed E-state index contributed by atoms with van der Waals surface area (Å²) < 4.78 is 0. The van der Waals surface area contributed by atoms with Crippen molar-refractivity contribution < 1.29 is 5.11 Å². The van der Waals surface area contributed by atoms with Crippen molar-refractivity contribution in [3.05, 3.63) is 22.6 Å². The topological polar surface area (TPSA) is 78.0 Å². The Bertz CT molecular complexity index is 400. The Morgan fingerprint density at radius 3 is 2.88 bits per heavy atom. The summed E-state index contributed by atoms with van der Waals surface area (Å²) in [6.45, 7) is 6.66. The maximum absolute atomic E-state index is 11.0. The number of hydrogen-bond acceptors (Lipinski definition) is 5. The molecule has 1 atom stereocenters. The maximum atomic E-state index is 11.0. The number of hydrogen-bond donors (Lipinski definition) is 3. The number of aliphatic hydroxyl groups is 1. The number of nitrogens with zero attached hydrogens (tertiary/aromatic N) is 1. The van der Waals surface area contributed by atoms with Crippen LogP contribution in [0, 0.1) is 0 Å². The van der Waals surface area contributed by atoms with Crippen LogP contribution < -0.4 is 10.9 Å². The van der Waals surface area contributed by atoms with Gasteiger partial charge in [-0.25, -0.2) is 4.98 Å². The van der Waals surface area contributed by atoms with Gasteiger partial charge in [-0.15, -0.1) is 0 Å². The van der Waals surface area contributed by atoms with Gasteiger partial charge in [0.15, 0.2) is 5.16 Å². The van der Waals surface area contributed by atoms with Gasteiger partial charge in [0, 0.05) is 30.1 Å². The average Bonchev–Trinajstić information content (AvgIpc) is 2.23. The zero-order valence-corrected chi connectivity index (χ0v) is 11.2. The number of nitrogens with one attached hydrogen (secondary N) is 2. The highest BCUT2D eigenvalue weighted by molar-refractivity contribution is 7.99. The summed E-state index contributed by atoms with van der Waals surface area (Å²) >= 11 is 1.34. The smallest absolute Gasteiger partial charge is 0.251 e. The molecule has 17 heavy (non-hydrogen) atoms. The van der Waals surface area contributed by atoms with Gasteiger partial charge in [0.1, 0.15) is 0 Å². The van der Waals surface area contributed by atoms with Gasteiger partial charge < -0.3 is 15.4 Å². The summed E-state index contributed by atoms with van der Waals surface area (Å²) in [5, 5.41) is 13.5. The monoisotopic (exact) mass is 257 g/mol. The van der Waals surface area contributed by atoms with Crippen LogP contribution in [0.2, 0.25) is 0 Å². The van der Waals surface area contributed by atoms with Gasteiger partial charge in [-0.05, 0) is 20.8 Å². The molecule has 0 aliphatic rings. The molecule has 0 spiro atoms. The SMILES string of the molecule is CC(C)(C)NCC(O)CSc1nccc(=O)[nH]1. The highest BCUT2D eigenvalue weighted by Crippen LogP contribution is 2.11. The van der Waals surface area contributed by atoms with E-state index < -0.39 is 6.10 Å². The molecule has 0 aliphatic heterocycles. The first kappa shape index (κ1) is 14.2. The summed E-state index contributed by atoms with van der Waals surface area (Å²) in [6, 6.07) is 1.36. The van der Waals surface area contributed by atoms with Gasteiger partial charge in [0.05, 0.1) is 6.10 Å². The number of H-pyrrole nitrogens is 1. The third-order valence-electron chi connectivity index (χ3n) is 1.93. The van der Waals surface area contributed by atoms with E-state index in [1.54, 1.807) is 0 Å². The van der Waals surface area contributed by atoms with Crippen molar-refractivity contribution in [3.63, 3.8) is 0 Å². The number of aliphatic hydroxyl groups excluding tert-OH is 1. The van der Waals surface area contributed by atoms with Crippen LogP contribution in [0.3, 0.4) is 0 Å². The first-order chi connectivity index (χ1) is 7.87. The number of thioether (sulfide) groups is 1. The van der Waals surface area contributed by atoms with Crippen LogP contribution in [0.5, 0.6) is 0 Å². The van der Waals surface area contributed by atoms with Crippen molar-refractivity contribution >= 4 is 11.8 Å². The lowest BCUT2D eigenvalue weighted by Gasteiger charge is -2.22.